The molecular weight excluding hydrogens is 813 g/mol. The minimum atomic E-state index is 0.179. The van der Waals surface area contributed by atoms with Crippen molar-refractivity contribution in [1.29, 1.82) is 0 Å². The van der Waals surface area contributed by atoms with Crippen LogP contribution in [0.15, 0.2) is 0 Å². The minimum Gasteiger partial charge on any atom is -0.356 e. The van der Waals surface area contributed by atoms with Crippen molar-refractivity contribution in [3.63, 3.8) is 0 Å². The van der Waals surface area contributed by atoms with Gasteiger partial charge in [0.1, 0.15) is 0 Å². The fraction of sp³-hybridized carbons (Fsp3) is 0.907. The zero-order chi connectivity index (χ0) is 50.5. The molecule has 0 aromatic heterocycles. The summed E-state index contributed by atoms with van der Waals surface area (Å²) in [5, 5.41) is 14.6. The molecule has 0 aromatic carbocycles. The predicted octanol–water partition coefficient (Wildman–Crippen LogP) is 12.2. The van der Waals surface area contributed by atoms with E-state index in [0.717, 1.165) is 84.2 Å². The number of rotatable bonds is 35. The normalized spacial score (nSPS) is 10.5. The molecule has 390 valence electrons. The lowest BCUT2D eigenvalue weighted by Gasteiger charge is -2.06. The number of nitrogens with two attached hydrogens (primary N) is 1. The molecule has 0 bridgehead atoms. The highest BCUT2D eigenvalue weighted by molar-refractivity contribution is 5.77. The lowest BCUT2D eigenvalue weighted by atomic mass is 10.1. The molecule has 0 aliphatic rings. The van der Waals surface area contributed by atoms with Crippen LogP contribution in [0.2, 0.25) is 0 Å². The average Bonchev–Trinajstić information content (AvgIpc) is 3.20. The molecule has 0 heterocycles. The van der Waals surface area contributed by atoms with Crippen LogP contribution >= 0.6 is 0 Å². The van der Waals surface area contributed by atoms with Crippen LogP contribution in [0.3, 0.4) is 0 Å². The van der Waals surface area contributed by atoms with Gasteiger partial charge < -0.3 is 32.3 Å². The summed E-state index contributed by atoms with van der Waals surface area (Å²) in [7, 11) is 0. The Labute approximate surface area is 404 Å². The Morgan fingerprint density at radius 1 is 0.292 bits per heavy atom. The predicted molar refractivity (Wildman–Crippen MR) is 282 cm³/mol. The van der Waals surface area contributed by atoms with Crippen LogP contribution < -0.4 is 32.3 Å². The van der Waals surface area contributed by atoms with E-state index in [0.29, 0.717) is 61.7 Å². The van der Waals surface area contributed by atoms with Crippen LogP contribution in [0.25, 0.3) is 0 Å². The fourth-order valence-electron chi connectivity index (χ4n) is 5.99. The molecule has 11 heteroatoms. The second kappa shape index (κ2) is 57.4. The summed E-state index contributed by atoms with van der Waals surface area (Å²) >= 11 is 0. The van der Waals surface area contributed by atoms with Crippen molar-refractivity contribution in [1.82, 2.24) is 26.6 Å². The molecule has 0 aliphatic carbocycles. The van der Waals surface area contributed by atoms with Gasteiger partial charge in [-0.15, -0.1) is 0 Å². The van der Waals surface area contributed by atoms with Gasteiger partial charge in [0, 0.05) is 64.8 Å². The molecule has 0 unspecified atom stereocenters. The van der Waals surface area contributed by atoms with Gasteiger partial charge in [-0.2, -0.15) is 0 Å². The molecule has 0 fully saturated rings. The topological polar surface area (TPSA) is 172 Å². The van der Waals surface area contributed by atoms with Crippen molar-refractivity contribution in [2.45, 2.75) is 251 Å². The first-order valence-electron chi connectivity index (χ1n) is 26.9. The van der Waals surface area contributed by atoms with Crippen molar-refractivity contribution >= 4 is 29.5 Å². The number of hydrogen-bond acceptors (Lipinski definition) is 6. The Balaban J connectivity index is -0.000000232. The first-order chi connectivity index (χ1) is 30.8. The SMILES string of the molecule is CC(C)CC(=O)NCCCCCCN.CCCCCCCCNC(=O)CC(C)C.CCCCCCNC(=O)CC(C)C.CCCCCNC(=O)CC(C)C.CCCCNC(=O)CC(C)C. The van der Waals surface area contributed by atoms with E-state index in [4.69, 9.17) is 5.73 Å². The van der Waals surface area contributed by atoms with Crippen LogP contribution in [-0.4, -0.2) is 68.8 Å². The molecule has 11 nitrogen and oxygen atoms in total. The van der Waals surface area contributed by atoms with Gasteiger partial charge >= 0.3 is 0 Å². The van der Waals surface area contributed by atoms with Crippen LogP contribution in [0, 0.1) is 29.6 Å². The maximum absolute atomic E-state index is 11.3. The maximum Gasteiger partial charge on any atom is 0.220 e. The number of carbonyl (C=O) groups is 5. The van der Waals surface area contributed by atoms with E-state index >= 15 is 0 Å². The Kier molecular flexibility index (Phi) is 63.0. The van der Waals surface area contributed by atoms with E-state index in [1.54, 1.807) is 0 Å². The van der Waals surface area contributed by atoms with Crippen molar-refractivity contribution in [2.75, 3.05) is 39.3 Å². The van der Waals surface area contributed by atoms with Crippen LogP contribution in [0.5, 0.6) is 0 Å². The third-order valence-electron chi connectivity index (χ3n) is 9.58. The molecule has 0 saturated carbocycles. The first-order valence-corrected chi connectivity index (χ1v) is 26.9. The van der Waals surface area contributed by atoms with Gasteiger partial charge in [0.2, 0.25) is 29.5 Å². The van der Waals surface area contributed by atoms with E-state index in [1.165, 1.54) is 77.0 Å². The summed E-state index contributed by atoms with van der Waals surface area (Å²) in [6, 6.07) is 0. The van der Waals surface area contributed by atoms with E-state index < -0.39 is 0 Å². The van der Waals surface area contributed by atoms with Crippen LogP contribution in [-0.2, 0) is 24.0 Å². The first kappa shape index (κ1) is 71.3. The van der Waals surface area contributed by atoms with Gasteiger partial charge in [0.15, 0.2) is 0 Å². The molecule has 0 rings (SSSR count). The third kappa shape index (κ3) is 78.8. The van der Waals surface area contributed by atoms with Gasteiger partial charge in [-0.1, -0.05) is 180 Å². The Bertz CT molecular complexity index is 1040. The lowest BCUT2D eigenvalue weighted by molar-refractivity contribution is -0.122. The number of hydrogen-bond donors (Lipinski definition) is 6. The van der Waals surface area contributed by atoms with Crippen molar-refractivity contribution in [3.8, 4) is 0 Å². The molecule has 0 aliphatic heterocycles. The standard InChI is InChI=1S/C13H27NO.C11H24N2O.C11H23NO.C10H21NO.C9H19NO/c1-4-5-6-7-8-9-10-14-13(15)11-12(2)3;1-10(2)9-11(14)13-8-6-4-3-5-7-12;1-4-5-6-7-8-12-11(13)9-10(2)3;1-4-5-6-7-11-10(12)8-9(2)3;1-4-5-6-10-9(11)7-8(2)3/h12H,4-11H2,1-3H3,(H,14,15);10H,3-9,12H2,1-2H3,(H,13,14);10H,4-9H2,1-3H3,(H,12,13);9H,4-8H2,1-3H3,(H,11,12);8H,4-7H2,1-3H3,(H,10,11). The largest absolute Gasteiger partial charge is 0.356 e. The Morgan fingerprint density at radius 2 is 0.477 bits per heavy atom. The number of amides is 5. The molecule has 0 aromatic rings. The molecule has 5 amide bonds. The average molecular weight is 928 g/mol. The minimum absolute atomic E-state index is 0.179. The lowest BCUT2D eigenvalue weighted by Crippen LogP contribution is -2.25. The quantitative estimate of drug-likeness (QED) is 0.0345. The summed E-state index contributed by atoms with van der Waals surface area (Å²) in [6.45, 7) is 34.3. The highest BCUT2D eigenvalue weighted by Crippen LogP contribution is 2.05. The Hall–Kier alpha value is -2.69. The highest BCUT2D eigenvalue weighted by Gasteiger charge is 2.06. The number of unbranched alkanes of at least 4 members (excludes halogenated alkanes) is 14. The van der Waals surface area contributed by atoms with Crippen molar-refractivity contribution in [3.05, 3.63) is 0 Å². The van der Waals surface area contributed by atoms with E-state index in [9.17, 15) is 24.0 Å². The number of nitrogens with one attached hydrogen (secondary N) is 5. The third-order valence-corrected chi connectivity index (χ3v) is 9.58. The van der Waals surface area contributed by atoms with Gasteiger partial charge in [-0.25, -0.2) is 0 Å². The van der Waals surface area contributed by atoms with Crippen LogP contribution in [0.4, 0.5) is 0 Å². The summed E-state index contributed by atoms with van der Waals surface area (Å²) in [4.78, 5) is 55.8. The van der Waals surface area contributed by atoms with E-state index in [-0.39, 0.29) is 29.5 Å². The molecular formula is C54H114N6O5. The van der Waals surface area contributed by atoms with Gasteiger partial charge in [0.25, 0.3) is 0 Å². The molecule has 0 saturated heterocycles. The zero-order valence-corrected chi connectivity index (χ0v) is 45.7. The second-order valence-electron chi connectivity index (χ2n) is 19.8. The van der Waals surface area contributed by atoms with Crippen LogP contribution in [0.1, 0.15) is 251 Å². The molecule has 65 heavy (non-hydrogen) atoms. The van der Waals surface area contributed by atoms with Gasteiger partial charge in [-0.05, 0) is 74.7 Å². The fourth-order valence-corrected chi connectivity index (χ4v) is 5.99. The second-order valence-corrected chi connectivity index (χ2v) is 19.8. The Morgan fingerprint density at radius 3 is 0.723 bits per heavy atom. The van der Waals surface area contributed by atoms with Gasteiger partial charge in [-0.3, -0.25) is 24.0 Å². The molecule has 0 spiro atoms. The molecule has 0 atom stereocenters. The van der Waals surface area contributed by atoms with Gasteiger partial charge in [0.05, 0.1) is 0 Å². The number of carbonyl (C=O) groups excluding carboxylic acids is 5. The summed E-state index contributed by atoms with van der Waals surface area (Å²) in [5.41, 5.74) is 5.38. The van der Waals surface area contributed by atoms with E-state index in [1.807, 2.05) is 0 Å². The monoisotopic (exact) mass is 927 g/mol. The molecule has 0 radical (unpaired) electrons. The maximum atomic E-state index is 11.3. The summed E-state index contributed by atoms with van der Waals surface area (Å²) in [5.74, 6) is 3.30. The molecule has 7 N–H and O–H groups in total. The highest BCUT2D eigenvalue weighted by atomic mass is 16.2. The smallest absolute Gasteiger partial charge is 0.220 e. The zero-order valence-electron chi connectivity index (χ0n) is 45.7. The summed E-state index contributed by atoms with van der Waals surface area (Å²) in [6.07, 6.45) is 26.1. The van der Waals surface area contributed by atoms with Crippen molar-refractivity contribution in [2.24, 2.45) is 35.3 Å². The van der Waals surface area contributed by atoms with E-state index in [2.05, 4.69) is 124 Å². The van der Waals surface area contributed by atoms with Crippen molar-refractivity contribution < 1.29 is 24.0 Å². The summed E-state index contributed by atoms with van der Waals surface area (Å²) < 4.78 is 0.